The number of hydrogen-bond donors (Lipinski definition) is 2. The lowest BCUT2D eigenvalue weighted by molar-refractivity contribution is -0.122. The van der Waals surface area contributed by atoms with E-state index in [1.165, 1.54) is 6.33 Å². The molecule has 0 aliphatic carbocycles. The smallest absolute Gasteiger partial charge is 0.379 e. The van der Waals surface area contributed by atoms with Crippen molar-refractivity contribution in [3.05, 3.63) is 58.7 Å². The molecule has 0 saturated carbocycles. The molecule has 32 heavy (non-hydrogen) atoms. The summed E-state index contributed by atoms with van der Waals surface area (Å²) < 4.78 is 36.4. The van der Waals surface area contributed by atoms with Crippen LogP contribution in [0.1, 0.15) is 12.6 Å². The van der Waals surface area contributed by atoms with Gasteiger partial charge >= 0.3 is 6.68 Å². The summed E-state index contributed by atoms with van der Waals surface area (Å²) in [5, 5.41) is 15.6. The van der Waals surface area contributed by atoms with E-state index in [2.05, 4.69) is 20.4 Å². The summed E-state index contributed by atoms with van der Waals surface area (Å²) in [7, 11) is 0. The lowest BCUT2D eigenvalue weighted by atomic mass is 10.3. The molecule has 0 unspecified atom stereocenters. The molecule has 3 aromatic rings. The number of halogens is 5. The van der Waals surface area contributed by atoms with E-state index >= 15 is 0 Å². The van der Waals surface area contributed by atoms with E-state index < -0.39 is 6.68 Å². The first kappa shape index (κ1) is 27.0. The predicted molar refractivity (Wildman–Crippen MR) is 115 cm³/mol. The van der Waals surface area contributed by atoms with Crippen LogP contribution in [-0.2, 0) is 11.2 Å². The second kappa shape index (κ2) is 14.9. The number of ether oxygens (including phenoxy) is 1. The topological polar surface area (TPSA) is 102 Å². The zero-order valence-corrected chi connectivity index (χ0v) is 18.3. The Kier molecular flexibility index (Phi) is 12.5. The van der Waals surface area contributed by atoms with Gasteiger partial charge in [0.25, 0.3) is 6.47 Å². The molecule has 0 fully saturated rings. The van der Waals surface area contributed by atoms with Crippen molar-refractivity contribution >= 4 is 35.5 Å². The molecule has 3 rings (SSSR count). The predicted octanol–water partition coefficient (Wildman–Crippen LogP) is 4.90. The van der Waals surface area contributed by atoms with Gasteiger partial charge in [-0.05, 0) is 30.7 Å². The molecule has 0 amide bonds. The molecular weight excluding hydrogens is 474 g/mol. The van der Waals surface area contributed by atoms with Gasteiger partial charge in [-0.25, -0.2) is 14.6 Å². The number of benzene rings is 1. The Labute approximate surface area is 192 Å². The fourth-order valence-electron chi connectivity index (χ4n) is 2.23. The van der Waals surface area contributed by atoms with Crippen LogP contribution >= 0.6 is 23.2 Å². The van der Waals surface area contributed by atoms with Gasteiger partial charge in [-0.1, -0.05) is 30.1 Å². The van der Waals surface area contributed by atoms with E-state index in [0.717, 1.165) is 17.8 Å². The van der Waals surface area contributed by atoms with Crippen molar-refractivity contribution in [3.8, 4) is 11.4 Å². The monoisotopic (exact) mass is 493 g/mol. The van der Waals surface area contributed by atoms with Crippen LogP contribution < -0.4 is 10.1 Å². The van der Waals surface area contributed by atoms with Gasteiger partial charge in [-0.15, -0.1) is 0 Å². The fraction of sp³-hybridized carbons (Fsp3) is 0.263. The normalized spacial score (nSPS) is 9.84. The van der Waals surface area contributed by atoms with Gasteiger partial charge in [0.05, 0.1) is 30.3 Å². The zero-order valence-electron chi connectivity index (χ0n) is 16.8. The van der Waals surface area contributed by atoms with E-state index in [-0.39, 0.29) is 6.47 Å². The number of rotatable bonds is 7. The van der Waals surface area contributed by atoms with E-state index in [9.17, 15) is 13.2 Å². The number of nitrogens with one attached hydrogen (secondary N) is 1. The second-order valence-electron chi connectivity index (χ2n) is 5.56. The van der Waals surface area contributed by atoms with Crippen LogP contribution in [0.25, 0.3) is 5.69 Å². The molecule has 0 aliphatic heterocycles. The average Bonchev–Trinajstić information content (AvgIpc) is 3.22. The maximum Gasteiger partial charge on any atom is 0.379 e. The highest BCUT2D eigenvalue weighted by Crippen LogP contribution is 2.22. The van der Waals surface area contributed by atoms with E-state index in [0.29, 0.717) is 34.8 Å². The molecule has 0 radical (unpaired) electrons. The largest absolute Gasteiger partial charge is 0.488 e. The molecule has 2 heterocycles. The summed E-state index contributed by atoms with van der Waals surface area (Å²) in [6.07, 6.45) is 5.75. The van der Waals surface area contributed by atoms with Crippen molar-refractivity contribution in [3.63, 3.8) is 0 Å². The van der Waals surface area contributed by atoms with Crippen molar-refractivity contribution in [2.45, 2.75) is 20.0 Å². The minimum Gasteiger partial charge on any atom is -0.488 e. The van der Waals surface area contributed by atoms with Crippen LogP contribution in [0.5, 0.6) is 5.75 Å². The molecule has 0 aliphatic rings. The van der Waals surface area contributed by atoms with Crippen LogP contribution in [0, 0.1) is 0 Å². The number of alkyl halides is 3. The highest BCUT2D eigenvalue weighted by Gasteiger charge is 2.07. The van der Waals surface area contributed by atoms with E-state index in [1.54, 1.807) is 10.9 Å². The van der Waals surface area contributed by atoms with Gasteiger partial charge < -0.3 is 15.2 Å². The summed E-state index contributed by atoms with van der Waals surface area (Å²) in [6, 6.07) is 7.42. The first-order chi connectivity index (χ1) is 15.3. The van der Waals surface area contributed by atoms with Gasteiger partial charge in [-0.3, -0.25) is 4.79 Å². The van der Waals surface area contributed by atoms with E-state index in [1.807, 2.05) is 37.4 Å². The number of carbonyl (C=O) groups is 1. The minimum atomic E-state index is -3.67. The Hall–Kier alpha value is -3.05. The standard InChI is InChI=1S/C17H17Cl2N5O.CHF3.CH2O2/c1-2-15-16(19)17(22-11-21-15)20-7-8-25-14-9-23-24(10-14)13-5-3-12(18)4-6-13;2-1(3)4;2-1-3/h3-6,9-11H,2,7-8H2,1H3,(H,20,21,22);1H;1H,(H,2,3). The highest BCUT2D eigenvalue weighted by molar-refractivity contribution is 6.33. The average molecular weight is 494 g/mol. The number of anilines is 1. The van der Waals surface area contributed by atoms with Crippen molar-refractivity contribution in [2.75, 3.05) is 18.5 Å². The van der Waals surface area contributed by atoms with Crippen molar-refractivity contribution in [1.29, 1.82) is 0 Å². The summed E-state index contributed by atoms with van der Waals surface area (Å²) in [6.45, 7) is -0.903. The van der Waals surface area contributed by atoms with Crippen LogP contribution in [-0.4, -0.2) is 51.2 Å². The number of aromatic nitrogens is 4. The van der Waals surface area contributed by atoms with Gasteiger partial charge in [0.1, 0.15) is 23.8 Å². The van der Waals surface area contributed by atoms with Crippen LogP contribution in [0.2, 0.25) is 10.0 Å². The van der Waals surface area contributed by atoms with Crippen molar-refractivity contribution < 1.29 is 27.8 Å². The first-order valence-corrected chi connectivity index (χ1v) is 9.74. The zero-order chi connectivity index (χ0) is 23.9. The summed E-state index contributed by atoms with van der Waals surface area (Å²) in [5.41, 5.74) is 1.74. The van der Waals surface area contributed by atoms with Gasteiger partial charge in [-0.2, -0.15) is 18.3 Å². The minimum absolute atomic E-state index is 0.250. The number of carboxylic acid groups (broad SMARTS) is 1. The fourth-order valence-corrected chi connectivity index (χ4v) is 2.65. The Balaban J connectivity index is 0.000000645. The number of hydrogen-bond acceptors (Lipinski definition) is 6. The lowest BCUT2D eigenvalue weighted by Crippen LogP contribution is -2.13. The Morgan fingerprint density at radius 2 is 1.84 bits per heavy atom. The SMILES string of the molecule is CCc1ncnc(NCCOc2cnn(-c3ccc(Cl)cc3)c2)c1Cl.FC(F)F.O=CO. The molecule has 2 aromatic heterocycles. The van der Waals surface area contributed by atoms with Crippen LogP contribution in [0.3, 0.4) is 0 Å². The highest BCUT2D eigenvalue weighted by atomic mass is 35.5. The summed E-state index contributed by atoms with van der Waals surface area (Å²) in [5.74, 6) is 1.30. The van der Waals surface area contributed by atoms with Gasteiger partial charge in [0.15, 0.2) is 5.75 Å². The molecule has 174 valence electrons. The third-order valence-corrected chi connectivity index (χ3v) is 4.16. The molecule has 1 aromatic carbocycles. The first-order valence-electron chi connectivity index (χ1n) is 8.99. The molecule has 8 nitrogen and oxygen atoms in total. The molecule has 0 spiro atoms. The van der Waals surface area contributed by atoms with Gasteiger partial charge in [0, 0.05) is 5.02 Å². The maximum atomic E-state index is 9.67. The third kappa shape index (κ3) is 9.84. The Bertz CT molecular complexity index is 943. The van der Waals surface area contributed by atoms with Crippen LogP contribution in [0.15, 0.2) is 43.0 Å². The summed E-state index contributed by atoms with van der Waals surface area (Å²) >= 11 is 12.1. The molecule has 13 heteroatoms. The lowest BCUT2D eigenvalue weighted by Gasteiger charge is -2.09. The molecule has 0 saturated heterocycles. The Morgan fingerprint density at radius 3 is 2.44 bits per heavy atom. The van der Waals surface area contributed by atoms with E-state index in [4.69, 9.17) is 37.8 Å². The molecule has 2 N–H and O–H groups in total. The number of nitrogens with zero attached hydrogens (tertiary/aromatic N) is 4. The third-order valence-electron chi connectivity index (χ3n) is 3.51. The second-order valence-corrected chi connectivity index (χ2v) is 6.38. The van der Waals surface area contributed by atoms with Gasteiger partial charge in [0.2, 0.25) is 0 Å². The molecule has 0 atom stereocenters. The van der Waals surface area contributed by atoms with Crippen LogP contribution in [0.4, 0.5) is 19.0 Å². The Morgan fingerprint density at radius 1 is 1.22 bits per heavy atom. The maximum absolute atomic E-state index is 9.67. The number of aryl methyl sites for hydroxylation is 1. The molecular formula is C19H20Cl2F3N5O3. The summed E-state index contributed by atoms with van der Waals surface area (Å²) in [4.78, 5) is 16.6. The van der Waals surface area contributed by atoms with Crippen molar-refractivity contribution in [2.24, 2.45) is 0 Å². The quantitative estimate of drug-likeness (QED) is 0.356. The molecule has 0 bridgehead atoms. The van der Waals surface area contributed by atoms with Crippen molar-refractivity contribution in [1.82, 2.24) is 19.7 Å².